The Balaban J connectivity index is 0.00000210. The highest BCUT2D eigenvalue weighted by Gasteiger charge is 2.43. The quantitative estimate of drug-likeness (QED) is 0.367. The summed E-state index contributed by atoms with van der Waals surface area (Å²) in [4.78, 5) is 29.9. The number of benzene rings is 1. The molecule has 4 N–H and O–H groups in total. The standard InChI is InChI=1S/C27H35N7O2S.ClH.H2S/c28-23(17-22-7-4-16-37-22)25(35)34-14-12-27(13-15-34,26(36)29-21-5-2-1-3-6-21)18-19-8-10-20(11-9-19)24-30-32-33-31-24;;/h4,7-11,16,21,23H,1-3,5-6,12-15,17-18,28H2,(H,29,36)(H,30,31,32,33);1H;1H2/t23-;;/m0../s1. The minimum atomic E-state index is -0.556. The lowest BCUT2D eigenvalue weighted by atomic mass is 9.72. The van der Waals surface area contributed by atoms with E-state index in [1.54, 1.807) is 11.3 Å². The van der Waals surface area contributed by atoms with Crippen LogP contribution in [0.1, 0.15) is 55.4 Å². The highest BCUT2D eigenvalue weighted by Crippen LogP contribution is 2.37. The number of aromatic nitrogens is 4. The molecular weight excluding hydrogens is 554 g/mol. The maximum absolute atomic E-state index is 13.8. The maximum atomic E-state index is 13.8. The molecule has 0 bridgehead atoms. The van der Waals surface area contributed by atoms with Gasteiger partial charge in [0, 0.05) is 36.0 Å². The van der Waals surface area contributed by atoms with Crippen LogP contribution in [0, 0.1) is 5.41 Å². The number of aromatic amines is 1. The lowest BCUT2D eigenvalue weighted by molar-refractivity contribution is -0.141. The smallest absolute Gasteiger partial charge is 0.239 e. The number of amides is 2. The zero-order valence-corrected chi connectivity index (χ0v) is 24.6. The maximum Gasteiger partial charge on any atom is 0.239 e. The molecule has 1 aromatic carbocycles. The molecule has 9 nitrogen and oxygen atoms in total. The van der Waals surface area contributed by atoms with E-state index < -0.39 is 11.5 Å². The van der Waals surface area contributed by atoms with Gasteiger partial charge in [-0.15, -0.1) is 33.9 Å². The van der Waals surface area contributed by atoms with Crippen LogP contribution in [0.25, 0.3) is 11.4 Å². The van der Waals surface area contributed by atoms with Crippen LogP contribution in [-0.4, -0.2) is 62.5 Å². The van der Waals surface area contributed by atoms with E-state index >= 15 is 0 Å². The Hall–Kier alpha value is -2.47. The SMILES string of the molecule is Cl.N[C@@H](Cc1cccs1)C(=O)N1CCC(Cc2ccc(-c3nn[nH]n3)cc2)(C(=O)NC2CCCCC2)CC1.S. The topological polar surface area (TPSA) is 130 Å². The van der Waals surface area contributed by atoms with Crippen molar-refractivity contribution < 1.29 is 9.59 Å². The minimum absolute atomic E-state index is 0. The molecule has 1 saturated carbocycles. The second-order valence-electron chi connectivity index (χ2n) is 10.4. The number of carbonyl (C=O) groups excluding carboxylic acids is 2. The van der Waals surface area contributed by atoms with Crippen LogP contribution in [0.5, 0.6) is 0 Å². The summed E-state index contributed by atoms with van der Waals surface area (Å²) >= 11 is 1.62. The minimum Gasteiger partial charge on any atom is -0.353 e. The molecule has 2 aliphatic rings. The zero-order valence-electron chi connectivity index (χ0n) is 22.0. The Morgan fingerprint density at radius 3 is 2.46 bits per heavy atom. The second kappa shape index (κ2) is 14.2. The van der Waals surface area contributed by atoms with Crippen molar-refractivity contribution in [1.82, 2.24) is 30.8 Å². The van der Waals surface area contributed by atoms with Crippen molar-refractivity contribution in [3.63, 3.8) is 0 Å². The first-order valence-electron chi connectivity index (χ1n) is 13.2. The molecule has 3 aromatic rings. The van der Waals surface area contributed by atoms with Gasteiger partial charge in [0.1, 0.15) is 0 Å². The lowest BCUT2D eigenvalue weighted by Crippen LogP contribution is -2.55. The van der Waals surface area contributed by atoms with Crippen molar-refractivity contribution in [1.29, 1.82) is 0 Å². The van der Waals surface area contributed by atoms with Gasteiger partial charge in [-0.05, 0) is 54.3 Å². The van der Waals surface area contributed by atoms with Gasteiger partial charge in [-0.3, -0.25) is 9.59 Å². The van der Waals surface area contributed by atoms with Gasteiger partial charge in [0.2, 0.25) is 17.6 Å². The van der Waals surface area contributed by atoms with Crippen LogP contribution in [0.15, 0.2) is 41.8 Å². The summed E-state index contributed by atoms with van der Waals surface area (Å²) in [5.41, 5.74) is 7.69. The molecular formula is C27H38ClN7O2S2. The predicted octanol–water partition coefficient (Wildman–Crippen LogP) is 3.63. The van der Waals surface area contributed by atoms with Crippen molar-refractivity contribution >= 4 is 49.1 Å². The lowest BCUT2D eigenvalue weighted by Gasteiger charge is -2.42. The van der Waals surface area contributed by atoms with Gasteiger partial charge >= 0.3 is 0 Å². The third kappa shape index (κ3) is 7.59. The van der Waals surface area contributed by atoms with Gasteiger partial charge < -0.3 is 16.0 Å². The van der Waals surface area contributed by atoms with Crippen molar-refractivity contribution in [2.45, 2.75) is 69.9 Å². The van der Waals surface area contributed by atoms with Crippen molar-refractivity contribution in [3.05, 3.63) is 52.2 Å². The number of likely N-dealkylation sites (tertiary alicyclic amines) is 1. The van der Waals surface area contributed by atoms with Gasteiger partial charge in [0.15, 0.2) is 0 Å². The number of tetrazole rings is 1. The number of thiophene rings is 1. The van der Waals surface area contributed by atoms with Crippen LogP contribution in [0.2, 0.25) is 0 Å². The van der Waals surface area contributed by atoms with Gasteiger partial charge in [-0.2, -0.15) is 18.7 Å². The zero-order chi connectivity index (χ0) is 25.7. The fourth-order valence-electron chi connectivity index (χ4n) is 5.64. The Morgan fingerprint density at radius 1 is 1.13 bits per heavy atom. The molecule has 12 heteroatoms. The number of halogens is 1. The van der Waals surface area contributed by atoms with Gasteiger partial charge in [0.05, 0.1) is 11.5 Å². The molecule has 1 aliphatic carbocycles. The fraction of sp³-hybridized carbons (Fsp3) is 0.519. The third-order valence-electron chi connectivity index (χ3n) is 7.87. The molecule has 2 fully saturated rings. The summed E-state index contributed by atoms with van der Waals surface area (Å²) in [5, 5.41) is 19.6. The molecule has 1 saturated heterocycles. The van der Waals surface area contributed by atoms with Crippen LogP contribution >= 0.6 is 37.2 Å². The molecule has 212 valence electrons. The molecule has 0 radical (unpaired) electrons. The molecule has 1 aliphatic heterocycles. The third-order valence-corrected chi connectivity index (χ3v) is 8.77. The average Bonchev–Trinajstić information content (AvgIpc) is 3.65. The first-order chi connectivity index (χ1) is 18.0. The monoisotopic (exact) mass is 591 g/mol. The number of H-pyrrole nitrogens is 1. The molecule has 1 atom stereocenters. The van der Waals surface area contributed by atoms with Crippen molar-refractivity contribution in [2.24, 2.45) is 11.1 Å². The number of rotatable bonds is 8. The van der Waals surface area contributed by atoms with Crippen LogP contribution in [0.3, 0.4) is 0 Å². The van der Waals surface area contributed by atoms with Crippen molar-refractivity contribution in [2.75, 3.05) is 13.1 Å². The van der Waals surface area contributed by atoms with E-state index in [0.29, 0.717) is 44.6 Å². The summed E-state index contributed by atoms with van der Waals surface area (Å²) in [6, 6.07) is 11.7. The Labute approximate surface area is 246 Å². The van der Waals surface area contributed by atoms with Gasteiger partial charge in [0.25, 0.3) is 0 Å². The van der Waals surface area contributed by atoms with E-state index in [0.717, 1.165) is 28.8 Å². The molecule has 3 heterocycles. The molecule has 0 spiro atoms. The Kier molecular flexibility index (Phi) is 11.3. The van der Waals surface area contributed by atoms with E-state index in [9.17, 15) is 9.59 Å². The number of piperidine rings is 1. The normalized spacial score (nSPS) is 17.9. The summed E-state index contributed by atoms with van der Waals surface area (Å²) in [7, 11) is 0. The fourth-order valence-corrected chi connectivity index (χ4v) is 6.40. The summed E-state index contributed by atoms with van der Waals surface area (Å²) in [6.07, 6.45) is 8.08. The van der Waals surface area contributed by atoms with Crippen LogP contribution < -0.4 is 11.1 Å². The number of hydrogen-bond acceptors (Lipinski definition) is 7. The van der Waals surface area contributed by atoms with Crippen molar-refractivity contribution in [3.8, 4) is 11.4 Å². The summed E-state index contributed by atoms with van der Waals surface area (Å²) < 4.78 is 0. The molecule has 0 unspecified atom stereocenters. The first kappa shape index (κ1) is 31.1. The van der Waals surface area contributed by atoms with Gasteiger partial charge in [-0.1, -0.05) is 49.6 Å². The highest BCUT2D eigenvalue weighted by atomic mass is 35.5. The van der Waals surface area contributed by atoms with E-state index in [1.165, 1.54) is 19.3 Å². The van der Waals surface area contributed by atoms with E-state index in [-0.39, 0.29) is 43.8 Å². The number of nitrogens with one attached hydrogen (secondary N) is 2. The first-order valence-corrected chi connectivity index (χ1v) is 14.1. The Morgan fingerprint density at radius 2 is 1.85 bits per heavy atom. The van der Waals surface area contributed by atoms with Gasteiger partial charge in [-0.25, -0.2) is 0 Å². The molecule has 5 rings (SSSR count). The predicted molar refractivity (Wildman–Crippen MR) is 160 cm³/mol. The summed E-state index contributed by atoms with van der Waals surface area (Å²) in [6.45, 7) is 1.08. The molecule has 39 heavy (non-hydrogen) atoms. The van der Waals surface area contributed by atoms with E-state index in [4.69, 9.17) is 5.73 Å². The number of nitrogens with zero attached hydrogens (tertiary/aromatic N) is 4. The Bertz CT molecular complexity index is 1160. The summed E-state index contributed by atoms with van der Waals surface area (Å²) in [5.74, 6) is 0.637. The van der Waals surface area contributed by atoms with E-state index in [1.807, 2.05) is 46.7 Å². The largest absolute Gasteiger partial charge is 0.353 e. The second-order valence-corrected chi connectivity index (χ2v) is 11.4. The highest BCUT2D eigenvalue weighted by molar-refractivity contribution is 7.59. The van der Waals surface area contributed by atoms with Crippen LogP contribution in [0.4, 0.5) is 0 Å². The molecule has 2 amide bonds. The average molecular weight is 592 g/mol. The number of hydrogen-bond donors (Lipinski definition) is 3. The number of carbonyl (C=O) groups is 2. The molecule has 2 aromatic heterocycles. The van der Waals surface area contributed by atoms with E-state index in [2.05, 4.69) is 25.9 Å². The number of nitrogens with two attached hydrogens (primary N) is 1. The van der Waals surface area contributed by atoms with Crippen LogP contribution in [-0.2, 0) is 22.4 Å².